The van der Waals surface area contributed by atoms with Crippen LogP contribution in [0.25, 0.3) is 0 Å². The maximum absolute atomic E-state index is 11.9. The van der Waals surface area contributed by atoms with Gasteiger partial charge in [0.2, 0.25) is 0 Å². The predicted molar refractivity (Wildman–Crippen MR) is 72.2 cm³/mol. The molecule has 5 heteroatoms. The smallest absolute Gasteiger partial charge is 0.310 e. The van der Waals surface area contributed by atoms with Gasteiger partial charge in [-0.05, 0) is 24.5 Å². The second kappa shape index (κ2) is 4.25. The predicted octanol–water partition coefficient (Wildman–Crippen LogP) is 2.04. The monoisotopic (exact) mass is 290 g/mol. The fourth-order valence-corrected chi connectivity index (χ4v) is 5.62. The topological polar surface area (TPSA) is 63.6 Å². The molecule has 3 fully saturated rings. The van der Waals surface area contributed by atoms with Crippen LogP contribution >= 0.6 is 11.8 Å². The number of thioether (sulfide) groups is 1. The van der Waals surface area contributed by atoms with Crippen molar-refractivity contribution in [1.82, 2.24) is 0 Å². The number of fused-ring (bicyclic) bond motifs is 1. The number of esters is 1. The van der Waals surface area contributed by atoms with Gasteiger partial charge in [0.25, 0.3) is 0 Å². The molecule has 0 radical (unpaired) electrons. The number of carboxylic acid groups (broad SMARTS) is 1. The first kappa shape index (κ1) is 12.3. The minimum absolute atomic E-state index is 0.0455. The molecule has 6 atom stereocenters. The molecule has 1 aliphatic heterocycles. The number of hydrogen-bond acceptors (Lipinski definition) is 4. The summed E-state index contributed by atoms with van der Waals surface area (Å²) in [5, 5.41) is 9.52. The van der Waals surface area contributed by atoms with Crippen LogP contribution in [0.4, 0.5) is 0 Å². The fraction of sp³-hybridized carbons (Fsp3) is 0.467. The van der Waals surface area contributed by atoms with Crippen LogP contribution in [-0.2, 0) is 14.3 Å². The van der Waals surface area contributed by atoms with Gasteiger partial charge in [-0.25, -0.2) is 0 Å². The highest BCUT2D eigenvalue weighted by Crippen LogP contribution is 2.61. The van der Waals surface area contributed by atoms with Crippen molar-refractivity contribution in [3.05, 3.63) is 30.3 Å². The summed E-state index contributed by atoms with van der Waals surface area (Å²) in [4.78, 5) is 24.5. The van der Waals surface area contributed by atoms with Crippen molar-refractivity contribution in [2.24, 2.45) is 23.7 Å². The third-order valence-electron chi connectivity index (χ3n) is 4.85. The molecule has 4 nitrogen and oxygen atoms in total. The van der Waals surface area contributed by atoms with Crippen molar-refractivity contribution >= 4 is 23.7 Å². The first-order chi connectivity index (χ1) is 9.66. The number of hydrogen-bond donors (Lipinski definition) is 1. The molecule has 0 spiro atoms. The van der Waals surface area contributed by atoms with E-state index in [2.05, 4.69) is 0 Å². The molecule has 1 aromatic carbocycles. The molecule has 104 valence electrons. The first-order valence-corrected chi connectivity index (χ1v) is 7.70. The molecule has 3 aliphatic rings. The lowest BCUT2D eigenvalue weighted by Gasteiger charge is -2.29. The highest BCUT2D eigenvalue weighted by atomic mass is 32.2. The highest BCUT2D eigenvalue weighted by molar-refractivity contribution is 8.00. The molecular weight excluding hydrogens is 276 g/mol. The van der Waals surface area contributed by atoms with Crippen molar-refractivity contribution in [2.75, 3.05) is 0 Å². The van der Waals surface area contributed by atoms with Crippen LogP contribution in [0.5, 0.6) is 0 Å². The van der Waals surface area contributed by atoms with E-state index in [1.807, 2.05) is 30.3 Å². The second-order valence-corrected chi connectivity index (χ2v) is 7.00. The molecular formula is C15H14O4S. The molecule has 1 saturated heterocycles. The Labute approximate surface area is 120 Å². The lowest BCUT2D eigenvalue weighted by atomic mass is 9.80. The van der Waals surface area contributed by atoms with Crippen LogP contribution in [-0.4, -0.2) is 28.4 Å². The van der Waals surface area contributed by atoms with Gasteiger partial charge in [0.05, 0.1) is 17.1 Å². The summed E-state index contributed by atoms with van der Waals surface area (Å²) in [6, 6.07) is 9.92. The van der Waals surface area contributed by atoms with Gasteiger partial charge >= 0.3 is 11.9 Å². The Morgan fingerprint density at radius 3 is 2.70 bits per heavy atom. The molecule has 0 unspecified atom stereocenters. The number of aliphatic carboxylic acids is 1. The standard InChI is InChI=1S/C15H14O4S/c16-14(17)10-9-6-8-11(10)15(18)19-12(8)13(9)20-7-4-2-1-3-5-7/h1-5,8-13H,6H2,(H,16,17)/t8-,9+,10+,11+,12+,13+/m0/s1. The average molecular weight is 290 g/mol. The van der Waals surface area contributed by atoms with E-state index in [1.54, 1.807) is 11.8 Å². The molecule has 2 aliphatic carbocycles. The van der Waals surface area contributed by atoms with Crippen LogP contribution in [0.15, 0.2) is 35.2 Å². The van der Waals surface area contributed by atoms with Gasteiger partial charge in [-0.15, -0.1) is 11.8 Å². The van der Waals surface area contributed by atoms with Crippen LogP contribution < -0.4 is 0 Å². The van der Waals surface area contributed by atoms with E-state index >= 15 is 0 Å². The van der Waals surface area contributed by atoms with Gasteiger partial charge in [0.1, 0.15) is 6.10 Å². The number of carboxylic acids is 1. The minimum atomic E-state index is -0.849. The molecule has 2 saturated carbocycles. The van der Waals surface area contributed by atoms with E-state index in [9.17, 15) is 14.7 Å². The van der Waals surface area contributed by atoms with Crippen LogP contribution in [0.1, 0.15) is 6.42 Å². The largest absolute Gasteiger partial charge is 0.481 e. The average Bonchev–Trinajstić information content (AvgIpc) is 3.03. The Balaban J connectivity index is 1.66. The van der Waals surface area contributed by atoms with E-state index in [-0.39, 0.29) is 29.2 Å². The Hall–Kier alpha value is -1.49. The Morgan fingerprint density at radius 2 is 2.00 bits per heavy atom. The Bertz CT molecular complexity index is 572. The quantitative estimate of drug-likeness (QED) is 0.863. The van der Waals surface area contributed by atoms with E-state index in [0.717, 1.165) is 11.3 Å². The van der Waals surface area contributed by atoms with Crippen LogP contribution in [0.2, 0.25) is 0 Å². The summed E-state index contributed by atoms with van der Waals surface area (Å²) < 4.78 is 5.48. The third kappa shape index (κ3) is 1.56. The van der Waals surface area contributed by atoms with Gasteiger partial charge < -0.3 is 9.84 Å². The van der Waals surface area contributed by atoms with E-state index in [1.165, 1.54) is 0 Å². The van der Waals surface area contributed by atoms with Crippen molar-refractivity contribution in [3.63, 3.8) is 0 Å². The second-order valence-electron chi connectivity index (χ2n) is 5.75. The van der Waals surface area contributed by atoms with Gasteiger partial charge in [0.15, 0.2) is 0 Å². The SMILES string of the molecule is O=C1O[C@@H]2[C@H]3C[C@@H]([C@H]2Sc2ccccc2)[C@@H](C(=O)O)[C@H]13. The molecule has 1 aromatic rings. The summed E-state index contributed by atoms with van der Waals surface area (Å²) in [6.07, 6.45) is 0.709. The zero-order valence-corrected chi connectivity index (χ0v) is 11.5. The summed E-state index contributed by atoms with van der Waals surface area (Å²) in [5.74, 6) is -1.97. The van der Waals surface area contributed by atoms with Crippen molar-refractivity contribution in [2.45, 2.75) is 22.7 Å². The third-order valence-corrected chi connectivity index (χ3v) is 6.28. The Kier molecular flexibility index (Phi) is 2.61. The number of benzene rings is 1. The van der Waals surface area contributed by atoms with Crippen LogP contribution in [0.3, 0.4) is 0 Å². The highest BCUT2D eigenvalue weighted by Gasteiger charge is 2.68. The maximum Gasteiger partial charge on any atom is 0.310 e. The summed E-state index contributed by atoms with van der Waals surface area (Å²) in [6.45, 7) is 0. The summed E-state index contributed by atoms with van der Waals surface area (Å²) in [7, 11) is 0. The minimum Gasteiger partial charge on any atom is -0.481 e. The van der Waals surface area contributed by atoms with Gasteiger partial charge in [-0.3, -0.25) is 9.59 Å². The van der Waals surface area contributed by atoms with E-state index in [0.29, 0.717) is 0 Å². The van der Waals surface area contributed by atoms with E-state index < -0.39 is 17.8 Å². The molecule has 2 bridgehead atoms. The fourth-order valence-electron chi connectivity index (χ4n) is 4.14. The molecule has 1 heterocycles. The number of rotatable bonds is 3. The van der Waals surface area contributed by atoms with Gasteiger partial charge in [-0.1, -0.05) is 18.2 Å². The molecule has 20 heavy (non-hydrogen) atoms. The Morgan fingerprint density at radius 1 is 1.25 bits per heavy atom. The number of carbonyl (C=O) groups is 2. The number of ether oxygens (including phenoxy) is 1. The first-order valence-electron chi connectivity index (χ1n) is 6.82. The molecule has 0 aromatic heterocycles. The van der Waals surface area contributed by atoms with Crippen molar-refractivity contribution in [1.29, 1.82) is 0 Å². The normalized spacial score (nSPS) is 40.9. The zero-order valence-electron chi connectivity index (χ0n) is 10.6. The van der Waals surface area contributed by atoms with Crippen LogP contribution in [0, 0.1) is 23.7 Å². The van der Waals surface area contributed by atoms with Crippen molar-refractivity contribution in [3.8, 4) is 0 Å². The summed E-state index contributed by atoms with van der Waals surface area (Å²) in [5.41, 5.74) is 0. The maximum atomic E-state index is 11.9. The lowest BCUT2D eigenvalue weighted by molar-refractivity contribution is -0.151. The van der Waals surface area contributed by atoms with Crippen molar-refractivity contribution < 1.29 is 19.4 Å². The number of carbonyl (C=O) groups excluding carboxylic acids is 1. The van der Waals surface area contributed by atoms with Gasteiger partial charge in [-0.2, -0.15) is 0 Å². The zero-order chi connectivity index (χ0) is 13.9. The molecule has 1 N–H and O–H groups in total. The van der Waals surface area contributed by atoms with E-state index in [4.69, 9.17) is 4.74 Å². The molecule has 4 rings (SSSR count). The van der Waals surface area contributed by atoms with Gasteiger partial charge in [0, 0.05) is 10.8 Å². The summed E-state index contributed by atoms with van der Waals surface area (Å²) >= 11 is 1.66. The molecule has 0 amide bonds. The lowest BCUT2D eigenvalue weighted by Crippen LogP contribution is -2.39.